The van der Waals surface area contributed by atoms with Crippen LogP contribution < -0.4 is 16.4 Å². The van der Waals surface area contributed by atoms with Gasteiger partial charge in [0.15, 0.2) is 0 Å². The molecule has 0 saturated carbocycles. The smallest absolute Gasteiger partial charge is 0.326 e. The third-order valence-corrected chi connectivity index (χ3v) is 3.88. The number of hydrogen-bond acceptors (Lipinski definition) is 4. The van der Waals surface area contributed by atoms with Gasteiger partial charge in [-0.2, -0.15) is 0 Å². The summed E-state index contributed by atoms with van der Waals surface area (Å²) >= 11 is 1.62. The Labute approximate surface area is 126 Å². The molecule has 1 heterocycles. The molecule has 1 rings (SSSR count). The maximum atomic E-state index is 11.8. The predicted molar refractivity (Wildman–Crippen MR) is 79.1 cm³/mol. The third kappa shape index (κ3) is 5.07. The molecule has 0 radical (unpaired) electrons. The molecule has 7 nitrogen and oxygen atoms in total. The zero-order chi connectivity index (χ0) is 16.2. The first-order chi connectivity index (χ1) is 9.70. The molecule has 1 unspecified atom stereocenters. The Kier molecular flexibility index (Phi) is 5.71. The summed E-state index contributed by atoms with van der Waals surface area (Å²) in [5, 5.41) is 13.8. The van der Waals surface area contributed by atoms with Gasteiger partial charge in [-0.3, -0.25) is 4.79 Å². The number of aryl methyl sites for hydroxylation is 2. The van der Waals surface area contributed by atoms with E-state index in [1.165, 1.54) is 0 Å². The van der Waals surface area contributed by atoms with Crippen molar-refractivity contribution in [3.63, 3.8) is 0 Å². The number of rotatable bonds is 6. The number of carboxylic acid groups (broad SMARTS) is 1. The van der Waals surface area contributed by atoms with Crippen LogP contribution in [0.5, 0.6) is 0 Å². The summed E-state index contributed by atoms with van der Waals surface area (Å²) in [4.78, 5) is 35.7. The van der Waals surface area contributed by atoms with E-state index in [0.29, 0.717) is 0 Å². The molecule has 1 aromatic heterocycles. The number of carboxylic acids is 1. The van der Waals surface area contributed by atoms with Crippen molar-refractivity contribution < 1.29 is 19.5 Å². The molecule has 8 heteroatoms. The number of carbonyl (C=O) groups is 3. The summed E-state index contributed by atoms with van der Waals surface area (Å²) in [6, 6.07) is -0.277. The van der Waals surface area contributed by atoms with Gasteiger partial charge in [0.25, 0.3) is 0 Å². The van der Waals surface area contributed by atoms with E-state index in [9.17, 15) is 14.4 Å². The zero-order valence-electron chi connectivity index (χ0n) is 12.1. The van der Waals surface area contributed by atoms with Crippen LogP contribution in [0.3, 0.4) is 0 Å². The van der Waals surface area contributed by atoms with Crippen LogP contribution in [-0.2, 0) is 9.59 Å². The first-order valence-electron chi connectivity index (χ1n) is 6.35. The van der Waals surface area contributed by atoms with Crippen LogP contribution in [0, 0.1) is 13.8 Å². The number of carbonyl (C=O) groups excluding carboxylic acids is 2. The average molecular weight is 313 g/mol. The van der Waals surface area contributed by atoms with Crippen molar-refractivity contribution >= 4 is 29.2 Å². The summed E-state index contributed by atoms with van der Waals surface area (Å²) in [6.07, 6.45) is -0.451. The molecule has 3 amide bonds. The SMILES string of the molecule is Cc1cc(C(C)NC(=O)N[C@@H](CC(N)=O)C(=O)O)c(C)s1. The monoisotopic (exact) mass is 313 g/mol. The lowest BCUT2D eigenvalue weighted by atomic mass is 10.1. The summed E-state index contributed by atoms with van der Waals surface area (Å²) in [5.41, 5.74) is 5.93. The Morgan fingerprint density at radius 1 is 1.33 bits per heavy atom. The summed E-state index contributed by atoms with van der Waals surface area (Å²) in [5.74, 6) is -2.10. The van der Waals surface area contributed by atoms with E-state index < -0.39 is 30.4 Å². The lowest BCUT2D eigenvalue weighted by Gasteiger charge is -2.17. The van der Waals surface area contributed by atoms with Gasteiger partial charge in [0.1, 0.15) is 6.04 Å². The van der Waals surface area contributed by atoms with E-state index in [4.69, 9.17) is 10.8 Å². The topological polar surface area (TPSA) is 122 Å². The third-order valence-electron chi connectivity index (χ3n) is 2.90. The van der Waals surface area contributed by atoms with Gasteiger partial charge in [0, 0.05) is 9.75 Å². The van der Waals surface area contributed by atoms with Crippen LogP contribution in [0.2, 0.25) is 0 Å². The molecule has 1 aromatic rings. The lowest BCUT2D eigenvalue weighted by Crippen LogP contribution is -2.48. The minimum absolute atomic E-state index is 0.266. The van der Waals surface area contributed by atoms with Gasteiger partial charge in [0.05, 0.1) is 12.5 Å². The highest BCUT2D eigenvalue weighted by atomic mass is 32.1. The zero-order valence-corrected chi connectivity index (χ0v) is 12.9. The lowest BCUT2D eigenvalue weighted by molar-refractivity contribution is -0.140. The van der Waals surface area contributed by atoms with Crippen molar-refractivity contribution in [1.82, 2.24) is 10.6 Å². The molecule has 5 N–H and O–H groups in total. The van der Waals surface area contributed by atoms with Gasteiger partial charge in [-0.15, -0.1) is 11.3 Å². The molecule has 21 heavy (non-hydrogen) atoms. The largest absolute Gasteiger partial charge is 0.480 e. The molecule has 0 spiro atoms. The highest BCUT2D eigenvalue weighted by Gasteiger charge is 2.23. The number of amides is 3. The molecule has 2 atom stereocenters. The molecule has 0 bridgehead atoms. The number of primary amides is 1. The van der Waals surface area contributed by atoms with E-state index in [1.54, 1.807) is 18.3 Å². The van der Waals surface area contributed by atoms with Crippen molar-refractivity contribution in [2.45, 2.75) is 39.3 Å². The van der Waals surface area contributed by atoms with Gasteiger partial charge >= 0.3 is 12.0 Å². The second-order valence-corrected chi connectivity index (χ2v) is 6.23. The summed E-state index contributed by atoms with van der Waals surface area (Å²) in [6.45, 7) is 5.73. The van der Waals surface area contributed by atoms with Gasteiger partial charge in [0.2, 0.25) is 5.91 Å². The highest BCUT2D eigenvalue weighted by molar-refractivity contribution is 7.12. The summed E-state index contributed by atoms with van der Waals surface area (Å²) < 4.78 is 0. The van der Waals surface area contributed by atoms with Crippen LogP contribution in [0.25, 0.3) is 0 Å². The van der Waals surface area contributed by atoms with Crippen molar-refractivity contribution in [2.24, 2.45) is 5.73 Å². The van der Waals surface area contributed by atoms with E-state index in [2.05, 4.69) is 10.6 Å². The fraction of sp³-hybridized carbons (Fsp3) is 0.462. The molecule has 0 aliphatic heterocycles. The molecule has 0 aliphatic carbocycles. The highest BCUT2D eigenvalue weighted by Crippen LogP contribution is 2.25. The Bertz CT molecular complexity index is 556. The van der Waals surface area contributed by atoms with Gasteiger partial charge in [-0.25, -0.2) is 9.59 Å². The van der Waals surface area contributed by atoms with Gasteiger partial charge < -0.3 is 21.5 Å². The van der Waals surface area contributed by atoms with Gasteiger partial charge in [-0.05, 0) is 32.4 Å². The number of nitrogens with two attached hydrogens (primary N) is 1. The van der Waals surface area contributed by atoms with E-state index in [0.717, 1.165) is 15.3 Å². The molecular formula is C13H19N3O4S. The molecular weight excluding hydrogens is 294 g/mol. The average Bonchev–Trinajstić information content (AvgIpc) is 2.66. The minimum Gasteiger partial charge on any atom is -0.480 e. The maximum Gasteiger partial charge on any atom is 0.326 e. The normalized spacial score (nSPS) is 13.3. The molecule has 0 aromatic carbocycles. The standard InChI is InChI=1S/C13H19N3O4S/c1-6-4-9(8(3)21-6)7(2)15-13(20)16-10(12(18)19)5-11(14)17/h4,7,10H,5H2,1-3H3,(H2,14,17)(H,18,19)(H2,15,16,20)/t7?,10-/m0/s1. The molecule has 0 fully saturated rings. The molecule has 116 valence electrons. The Balaban J connectivity index is 2.65. The van der Waals surface area contributed by atoms with Gasteiger partial charge in [-0.1, -0.05) is 0 Å². The maximum absolute atomic E-state index is 11.8. The Morgan fingerprint density at radius 3 is 2.38 bits per heavy atom. The second-order valence-electron chi connectivity index (χ2n) is 4.77. The van der Waals surface area contributed by atoms with E-state index in [1.807, 2.05) is 19.9 Å². The Morgan fingerprint density at radius 2 is 1.95 bits per heavy atom. The fourth-order valence-corrected chi connectivity index (χ4v) is 2.98. The molecule has 0 aliphatic rings. The van der Waals surface area contributed by atoms with Crippen LogP contribution in [0.15, 0.2) is 6.07 Å². The van der Waals surface area contributed by atoms with Crippen LogP contribution in [0.4, 0.5) is 4.79 Å². The van der Waals surface area contributed by atoms with Crippen molar-refractivity contribution in [1.29, 1.82) is 0 Å². The first-order valence-corrected chi connectivity index (χ1v) is 7.17. The van der Waals surface area contributed by atoms with Crippen molar-refractivity contribution in [3.05, 3.63) is 21.4 Å². The number of thiophene rings is 1. The number of nitrogens with one attached hydrogen (secondary N) is 2. The van der Waals surface area contributed by atoms with Crippen LogP contribution in [0.1, 0.15) is 34.7 Å². The van der Waals surface area contributed by atoms with Crippen molar-refractivity contribution in [3.8, 4) is 0 Å². The van der Waals surface area contributed by atoms with E-state index >= 15 is 0 Å². The predicted octanol–water partition coefficient (Wildman–Crippen LogP) is 1.05. The van der Waals surface area contributed by atoms with Crippen LogP contribution in [-0.4, -0.2) is 29.1 Å². The quantitative estimate of drug-likeness (QED) is 0.627. The van der Waals surface area contributed by atoms with Crippen molar-refractivity contribution in [2.75, 3.05) is 0 Å². The Hall–Kier alpha value is -2.09. The number of hydrogen-bond donors (Lipinski definition) is 4. The second kappa shape index (κ2) is 7.07. The fourth-order valence-electron chi connectivity index (χ4n) is 1.96. The minimum atomic E-state index is -1.33. The first kappa shape index (κ1) is 17.0. The number of aliphatic carboxylic acids is 1. The van der Waals surface area contributed by atoms with Crippen LogP contribution >= 0.6 is 11.3 Å². The summed E-state index contributed by atoms with van der Waals surface area (Å²) in [7, 11) is 0. The molecule has 0 saturated heterocycles. The van der Waals surface area contributed by atoms with E-state index in [-0.39, 0.29) is 6.04 Å². The number of urea groups is 1.